The maximum atomic E-state index is 12.6. The first-order valence-electron chi connectivity index (χ1n) is 7.95. The maximum Gasteiger partial charge on any atom is 0.244 e. The van der Waals surface area contributed by atoms with Crippen molar-refractivity contribution in [3.8, 4) is 0 Å². The Hall–Kier alpha value is -1.22. The third kappa shape index (κ3) is 4.05. The highest BCUT2D eigenvalue weighted by Gasteiger charge is 2.25. The molecule has 2 N–H and O–H groups in total. The van der Waals surface area contributed by atoms with E-state index in [0.29, 0.717) is 24.4 Å². The van der Waals surface area contributed by atoms with Gasteiger partial charge < -0.3 is 5.11 Å². The normalized spacial score (nSPS) is 13.6. The van der Waals surface area contributed by atoms with Crippen LogP contribution in [0, 0.1) is 13.8 Å². The number of aliphatic hydroxyl groups is 1. The Morgan fingerprint density at radius 1 is 1.29 bits per heavy atom. The number of aryl methyl sites for hydroxylation is 1. The van der Waals surface area contributed by atoms with Crippen molar-refractivity contribution >= 4 is 21.4 Å². The molecule has 134 valence electrons. The zero-order valence-electron chi connectivity index (χ0n) is 14.7. The zero-order valence-corrected chi connectivity index (χ0v) is 16.3. The zero-order chi connectivity index (χ0) is 18.1. The van der Waals surface area contributed by atoms with Gasteiger partial charge in [0.15, 0.2) is 0 Å². The molecule has 6 nitrogen and oxygen atoms in total. The van der Waals surface area contributed by atoms with Crippen LogP contribution in [0.15, 0.2) is 17.0 Å². The Labute approximate surface area is 147 Å². The highest BCUT2D eigenvalue weighted by Crippen LogP contribution is 2.24. The standard InChI is InChI=1S/C16H25N3O3S2/c1-10(2)19-12(4)16(11(3)18-19)24(21,22)17-9-8-14-6-7-15(23-14)13(5)20/h6-7,10,13,17,20H,8-9H2,1-5H3/t13-/m1/s1. The fourth-order valence-corrected chi connectivity index (χ4v) is 5.05. The lowest BCUT2D eigenvalue weighted by Crippen LogP contribution is -2.26. The fourth-order valence-electron chi connectivity index (χ4n) is 2.67. The van der Waals surface area contributed by atoms with Crippen molar-refractivity contribution in [2.45, 2.75) is 58.1 Å². The Morgan fingerprint density at radius 3 is 2.46 bits per heavy atom. The average Bonchev–Trinajstić information content (AvgIpc) is 3.03. The first kappa shape index (κ1) is 19.1. The highest BCUT2D eigenvalue weighted by molar-refractivity contribution is 7.89. The largest absolute Gasteiger partial charge is 0.388 e. The summed E-state index contributed by atoms with van der Waals surface area (Å²) in [5, 5.41) is 13.9. The summed E-state index contributed by atoms with van der Waals surface area (Å²) in [6.07, 6.45) is 0.0974. The number of thiophene rings is 1. The van der Waals surface area contributed by atoms with E-state index in [1.54, 1.807) is 25.5 Å². The molecule has 8 heteroatoms. The minimum atomic E-state index is -3.59. The van der Waals surface area contributed by atoms with Crippen LogP contribution in [-0.4, -0.2) is 29.8 Å². The Kier molecular flexibility index (Phi) is 5.85. The molecule has 0 aliphatic carbocycles. The van der Waals surface area contributed by atoms with E-state index in [4.69, 9.17) is 0 Å². The molecule has 0 unspecified atom stereocenters. The number of aromatic nitrogens is 2. The molecule has 2 aromatic heterocycles. The number of hydrogen-bond donors (Lipinski definition) is 2. The van der Waals surface area contributed by atoms with Gasteiger partial charge in [-0.3, -0.25) is 4.68 Å². The van der Waals surface area contributed by atoms with Crippen molar-refractivity contribution in [1.82, 2.24) is 14.5 Å². The van der Waals surface area contributed by atoms with E-state index < -0.39 is 16.1 Å². The van der Waals surface area contributed by atoms with E-state index in [9.17, 15) is 13.5 Å². The van der Waals surface area contributed by atoms with Crippen LogP contribution in [0.25, 0.3) is 0 Å². The van der Waals surface area contributed by atoms with E-state index in [1.165, 1.54) is 11.3 Å². The third-order valence-electron chi connectivity index (χ3n) is 3.77. The molecule has 0 spiro atoms. The average molecular weight is 372 g/mol. The summed E-state index contributed by atoms with van der Waals surface area (Å²) in [5.41, 5.74) is 1.17. The van der Waals surface area contributed by atoms with E-state index in [0.717, 1.165) is 9.75 Å². The SMILES string of the molecule is Cc1nn(C(C)C)c(C)c1S(=O)(=O)NCCc1ccc([C@@H](C)O)s1. The Morgan fingerprint density at radius 2 is 1.96 bits per heavy atom. The van der Waals surface area contributed by atoms with E-state index in [2.05, 4.69) is 9.82 Å². The van der Waals surface area contributed by atoms with Gasteiger partial charge in [0.2, 0.25) is 10.0 Å². The van der Waals surface area contributed by atoms with Crippen molar-refractivity contribution in [2.75, 3.05) is 6.54 Å². The number of sulfonamides is 1. The summed E-state index contributed by atoms with van der Waals surface area (Å²) >= 11 is 1.50. The lowest BCUT2D eigenvalue weighted by molar-refractivity contribution is 0.203. The molecule has 0 saturated carbocycles. The van der Waals surface area contributed by atoms with E-state index in [-0.39, 0.29) is 10.9 Å². The van der Waals surface area contributed by atoms with Gasteiger partial charge in [-0.15, -0.1) is 11.3 Å². The lowest BCUT2D eigenvalue weighted by atomic mass is 10.3. The second-order valence-corrected chi connectivity index (χ2v) is 9.07. The van der Waals surface area contributed by atoms with Gasteiger partial charge in [-0.05, 0) is 53.2 Å². The summed E-state index contributed by atoms with van der Waals surface area (Å²) in [6.45, 7) is 9.47. The fraction of sp³-hybridized carbons (Fsp3) is 0.562. The van der Waals surface area contributed by atoms with Crippen LogP contribution in [-0.2, 0) is 16.4 Å². The molecule has 2 rings (SSSR count). The molecule has 0 aliphatic heterocycles. The molecule has 0 fully saturated rings. The van der Waals surface area contributed by atoms with Crippen LogP contribution in [0.1, 0.15) is 54.1 Å². The number of hydrogen-bond acceptors (Lipinski definition) is 5. The minimum absolute atomic E-state index is 0.109. The predicted molar refractivity (Wildman–Crippen MR) is 95.9 cm³/mol. The molecular weight excluding hydrogens is 346 g/mol. The smallest absolute Gasteiger partial charge is 0.244 e. The van der Waals surface area contributed by atoms with Crippen LogP contribution in [0.5, 0.6) is 0 Å². The molecule has 2 aromatic rings. The Bertz CT molecular complexity index is 805. The quantitative estimate of drug-likeness (QED) is 0.784. The maximum absolute atomic E-state index is 12.6. The summed E-state index contributed by atoms with van der Waals surface area (Å²) in [5.74, 6) is 0. The number of nitrogens with zero attached hydrogens (tertiary/aromatic N) is 2. The Balaban J connectivity index is 2.09. The molecule has 1 atom stereocenters. The summed E-state index contributed by atoms with van der Waals surface area (Å²) in [7, 11) is -3.59. The number of aliphatic hydroxyl groups excluding tert-OH is 1. The monoisotopic (exact) mass is 371 g/mol. The van der Waals surface area contributed by atoms with Gasteiger partial charge >= 0.3 is 0 Å². The van der Waals surface area contributed by atoms with Crippen molar-refractivity contribution in [2.24, 2.45) is 0 Å². The van der Waals surface area contributed by atoms with Gasteiger partial charge in [0.05, 0.1) is 17.5 Å². The van der Waals surface area contributed by atoms with Crippen molar-refractivity contribution in [1.29, 1.82) is 0 Å². The number of nitrogens with one attached hydrogen (secondary N) is 1. The van der Waals surface area contributed by atoms with Crippen molar-refractivity contribution in [3.63, 3.8) is 0 Å². The van der Waals surface area contributed by atoms with Gasteiger partial charge in [0.1, 0.15) is 4.90 Å². The van der Waals surface area contributed by atoms with Gasteiger partial charge in [-0.2, -0.15) is 5.10 Å². The van der Waals surface area contributed by atoms with Gasteiger partial charge in [0, 0.05) is 22.3 Å². The molecule has 0 saturated heterocycles. The molecular formula is C16H25N3O3S2. The van der Waals surface area contributed by atoms with Crippen LogP contribution >= 0.6 is 11.3 Å². The molecule has 0 bridgehead atoms. The van der Waals surface area contributed by atoms with Crippen molar-refractivity contribution in [3.05, 3.63) is 33.3 Å². The van der Waals surface area contributed by atoms with Gasteiger partial charge in [-0.1, -0.05) is 0 Å². The highest BCUT2D eigenvalue weighted by atomic mass is 32.2. The summed E-state index contributed by atoms with van der Waals surface area (Å²) in [4.78, 5) is 2.20. The summed E-state index contributed by atoms with van der Waals surface area (Å²) < 4.78 is 29.6. The number of rotatable bonds is 7. The van der Waals surface area contributed by atoms with Gasteiger partial charge in [-0.25, -0.2) is 13.1 Å². The van der Waals surface area contributed by atoms with E-state index in [1.807, 2.05) is 26.0 Å². The minimum Gasteiger partial charge on any atom is -0.388 e. The second kappa shape index (κ2) is 7.35. The molecule has 0 radical (unpaired) electrons. The first-order valence-corrected chi connectivity index (χ1v) is 10.3. The third-order valence-corrected chi connectivity index (χ3v) is 6.80. The topological polar surface area (TPSA) is 84.2 Å². The molecule has 24 heavy (non-hydrogen) atoms. The van der Waals surface area contributed by atoms with Gasteiger partial charge in [0.25, 0.3) is 0 Å². The lowest BCUT2D eigenvalue weighted by Gasteiger charge is -2.09. The molecule has 0 aliphatic rings. The van der Waals surface area contributed by atoms with Crippen LogP contribution in [0.4, 0.5) is 0 Å². The molecule has 2 heterocycles. The summed E-state index contributed by atoms with van der Waals surface area (Å²) in [6, 6.07) is 3.91. The van der Waals surface area contributed by atoms with Crippen LogP contribution in [0.3, 0.4) is 0 Å². The van der Waals surface area contributed by atoms with Crippen molar-refractivity contribution < 1.29 is 13.5 Å². The molecule has 0 amide bonds. The predicted octanol–water partition coefficient (Wildman–Crippen LogP) is 2.72. The second-order valence-electron chi connectivity index (χ2n) is 6.17. The van der Waals surface area contributed by atoms with Crippen LogP contribution < -0.4 is 4.72 Å². The molecule has 0 aromatic carbocycles. The van der Waals surface area contributed by atoms with Crippen LogP contribution in [0.2, 0.25) is 0 Å². The van der Waals surface area contributed by atoms with E-state index >= 15 is 0 Å². The first-order chi connectivity index (χ1) is 11.1.